The molecule has 2 rings (SSSR count). The van der Waals surface area contributed by atoms with Crippen molar-refractivity contribution >= 4 is 35.7 Å². The molecule has 0 spiro atoms. The van der Waals surface area contributed by atoms with Gasteiger partial charge in [-0.25, -0.2) is 9.59 Å². The molecule has 0 aromatic heterocycles. The zero-order chi connectivity index (χ0) is 14.2. The minimum atomic E-state index is 0.537. The van der Waals surface area contributed by atoms with E-state index in [2.05, 4.69) is 9.98 Å². The molecule has 0 atom stereocenters. The number of nitrogens with zero attached hydrogens (tertiary/aromatic N) is 2. The first kappa shape index (κ1) is 13.4. The first-order valence-electron chi connectivity index (χ1n) is 5.87. The molecule has 0 radical (unpaired) electrons. The average molecular weight is 262 g/mol. The molecule has 0 amide bonds. The Morgan fingerprint density at radius 1 is 0.700 bits per heavy atom. The third kappa shape index (κ3) is 3.24. The minimum absolute atomic E-state index is 0.537. The number of rotatable bonds is 4. The lowest BCUT2D eigenvalue weighted by Crippen LogP contribution is -1.76. The fourth-order valence-electron chi connectivity index (χ4n) is 1.74. The van der Waals surface area contributed by atoms with Gasteiger partial charge in [0.05, 0.1) is 11.4 Å². The normalized spacial score (nSPS) is 9.80. The molecule has 0 aliphatic rings. The second-order valence-corrected chi connectivity index (χ2v) is 3.86. The molecule has 96 valence electrons. The van der Waals surface area contributed by atoms with Gasteiger partial charge in [0, 0.05) is 11.1 Å². The van der Waals surface area contributed by atoms with Crippen LogP contribution < -0.4 is 0 Å². The summed E-state index contributed by atoms with van der Waals surface area (Å²) >= 11 is 0. The lowest BCUT2D eigenvalue weighted by molar-refractivity contribution is 0.564. The highest BCUT2D eigenvalue weighted by Crippen LogP contribution is 2.24. The van der Waals surface area contributed by atoms with Crippen molar-refractivity contribution in [3.63, 3.8) is 0 Å². The van der Waals surface area contributed by atoms with Gasteiger partial charge in [-0.15, -0.1) is 0 Å². The van der Waals surface area contributed by atoms with Crippen LogP contribution in [0.1, 0.15) is 11.1 Å². The van der Waals surface area contributed by atoms with Gasteiger partial charge in [-0.1, -0.05) is 48.6 Å². The lowest BCUT2D eigenvalue weighted by atomic mass is 10.1. The zero-order valence-electron chi connectivity index (χ0n) is 10.5. The molecule has 0 saturated carbocycles. The number of benzene rings is 2. The van der Waals surface area contributed by atoms with Gasteiger partial charge in [0.1, 0.15) is 0 Å². The molecule has 0 heterocycles. The molecule has 0 unspecified atom stereocenters. The maximum Gasteiger partial charge on any atom is 0.240 e. The second kappa shape index (κ2) is 6.76. The Balaban J connectivity index is 2.40. The summed E-state index contributed by atoms with van der Waals surface area (Å²) in [6.07, 6.45) is 6.65. The van der Waals surface area contributed by atoms with E-state index in [4.69, 9.17) is 0 Å². The summed E-state index contributed by atoms with van der Waals surface area (Å²) in [5, 5.41) is 0. The van der Waals surface area contributed by atoms with Gasteiger partial charge in [0.25, 0.3) is 0 Å². The molecule has 0 saturated heterocycles. The highest BCUT2D eigenvalue weighted by molar-refractivity contribution is 5.80. The fourth-order valence-corrected chi connectivity index (χ4v) is 1.74. The Morgan fingerprint density at radius 2 is 1.10 bits per heavy atom. The van der Waals surface area contributed by atoms with Gasteiger partial charge >= 0.3 is 0 Å². The zero-order valence-corrected chi connectivity index (χ0v) is 10.5. The molecule has 0 fully saturated rings. The molecular formula is C16H10N2O2. The quantitative estimate of drug-likeness (QED) is 0.478. The van der Waals surface area contributed by atoms with Crippen molar-refractivity contribution in [2.24, 2.45) is 9.98 Å². The van der Waals surface area contributed by atoms with Crippen molar-refractivity contribution in [1.29, 1.82) is 0 Å². The Bertz CT molecular complexity index is 674. The van der Waals surface area contributed by atoms with Gasteiger partial charge in [-0.05, 0) is 12.1 Å². The number of aliphatic imine (C=N–C) groups is 2. The van der Waals surface area contributed by atoms with E-state index in [0.717, 1.165) is 11.1 Å². The van der Waals surface area contributed by atoms with Crippen molar-refractivity contribution < 1.29 is 9.59 Å². The van der Waals surface area contributed by atoms with E-state index in [1.54, 1.807) is 36.4 Å². The second-order valence-electron chi connectivity index (χ2n) is 3.86. The fraction of sp³-hybridized carbons (Fsp3) is 0. The number of hydrogen-bond donors (Lipinski definition) is 0. The maximum absolute atomic E-state index is 10.4. The van der Waals surface area contributed by atoms with Crippen LogP contribution in [0.2, 0.25) is 0 Å². The third-order valence-corrected chi connectivity index (χ3v) is 2.65. The molecule has 0 bridgehead atoms. The van der Waals surface area contributed by atoms with E-state index in [-0.39, 0.29) is 0 Å². The summed E-state index contributed by atoms with van der Waals surface area (Å²) in [6.45, 7) is 0. The molecule has 0 aliphatic carbocycles. The SMILES string of the molecule is O=C=Nc1ccccc1/C=C/c1ccccc1N=C=O. The number of hydrogen-bond acceptors (Lipinski definition) is 4. The van der Waals surface area contributed by atoms with Gasteiger partial charge in [0.2, 0.25) is 12.2 Å². The topological polar surface area (TPSA) is 58.9 Å². The summed E-state index contributed by atoms with van der Waals surface area (Å²) in [4.78, 5) is 28.0. The van der Waals surface area contributed by atoms with Crippen molar-refractivity contribution in [3.8, 4) is 0 Å². The molecular weight excluding hydrogens is 252 g/mol. The molecule has 4 heteroatoms. The van der Waals surface area contributed by atoms with E-state index in [9.17, 15) is 9.59 Å². The van der Waals surface area contributed by atoms with Crippen molar-refractivity contribution in [1.82, 2.24) is 0 Å². The highest BCUT2D eigenvalue weighted by atomic mass is 16.1. The Hall–Kier alpha value is -3.06. The molecule has 0 N–H and O–H groups in total. The van der Waals surface area contributed by atoms with Gasteiger partial charge in [-0.2, -0.15) is 9.98 Å². The third-order valence-electron chi connectivity index (χ3n) is 2.65. The van der Waals surface area contributed by atoms with Crippen LogP contribution in [-0.2, 0) is 9.59 Å². The van der Waals surface area contributed by atoms with Gasteiger partial charge in [-0.3, -0.25) is 0 Å². The van der Waals surface area contributed by atoms with Crippen LogP contribution >= 0.6 is 0 Å². The number of isocyanates is 2. The summed E-state index contributed by atoms with van der Waals surface area (Å²) < 4.78 is 0. The van der Waals surface area contributed by atoms with Gasteiger partial charge in [0.15, 0.2) is 0 Å². The number of carbonyl (C=O) groups excluding carboxylic acids is 2. The van der Waals surface area contributed by atoms with E-state index >= 15 is 0 Å². The molecule has 2 aromatic carbocycles. The van der Waals surface area contributed by atoms with Crippen LogP contribution in [0.15, 0.2) is 58.5 Å². The smallest absolute Gasteiger partial charge is 0.211 e. The van der Waals surface area contributed by atoms with E-state index < -0.39 is 0 Å². The molecule has 4 nitrogen and oxygen atoms in total. The molecule has 0 aliphatic heterocycles. The lowest BCUT2D eigenvalue weighted by Gasteiger charge is -2.00. The van der Waals surface area contributed by atoms with E-state index in [1.165, 1.54) is 12.2 Å². The van der Waals surface area contributed by atoms with Crippen molar-refractivity contribution in [3.05, 3.63) is 59.7 Å². The predicted octanol–water partition coefficient (Wildman–Crippen LogP) is 3.79. The summed E-state index contributed by atoms with van der Waals surface area (Å²) in [7, 11) is 0. The summed E-state index contributed by atoms with van der Waals surface area (Å²) in [5.41, 5.74) is 2.63. The van der Waals surface area contributed by atoms with Crippen molar-refractivity contribution in [2.45, 2.75) is 0 Å². The predicted molar refractivity (Wildman–Crippen MR) is 77.4 cm³/mol. The molecule has 20 heavy (non-hydrogen) atoms. The summed E-state index contributed by atoms with van der Waals surface area (Å²) in [6, 6.07) is 14.4. The number of para-hydroxylation sites is 2. The van der Waals surface area contributed by atoms with Crippen molar-refractivity contribution in [2.75, 3.05) is 0 Å². The monoisotopic (exact) mass is 262 g/mol. The van der Waals surface area contributed by atoms with Crippen LogP contribution in [0.25, 0.3) is 12.2 Å². The Labute approximate surface area is 115 Å². The van der Waals surface area contributed by atoms with E-state index in [0.29, 0.717) is 11.4 Å². The highest BCUT2D eigenvalue weighted by Gasteiger charge is 1.98. The van der Waals surface area contributed by atoms with Crippen LogP contribution in [0, 0.1) is 0 Å². The minimum Gasteiger partial charge on any atom is -0.211 e. The van der Waals surface area contributed by atoms with Crippen LogP contribution in [0.5, 0.6) is 0 Å². The largest absolute Gasteiger partial charge is 0.240 e. The maximum atomic E-state index is 10.4. The van der Waals surface area contributed by atoms with Crippen LogP contribution in [0.4, 0.5) is 11.4 Å². The first-order chi connectivity index (χ1) is 9.85. The van der Waals surface area contributed by atoms with Gasteiger partial charge < -0.3 is 0 Å². The summed E-state index contributed by atoms with van der Waals surface area (Å²) in [5.74, 6) is 0. The van der Waals surface area contributed by atoms with Crippen LogP contribution in [0.3, 0.4) is 0 Å². The van der Waals surface area contributed by atoms with Crippen LogP contribution in [-0.4, -0.2) is 12.2 Å². The van der Waals surface area contributed by atoms with E-state index in [1.807, 2.05) is 24.3 Å². The molecule has 2 aromatic rings. The Morgan fingerprint density at radius 3 is 1.50 bits per heavy atom. The standard InChI is InChI=1S/C16H10N2O2/c19-11-17-15-7-3-1-5-13(15)9-10-14-6-2-4-8-16(14)18-12-20/h1-10H/b10-9+. The Kier molecular flexibility index (Phi) is 4.52. The average Bonchev–Trinajstić information content (AvgIpc) is 2.48. The first-order valence-corrected chi connectivity index (χ1v) is 5.87.